The quantitative estimate of drug-likeness (QED) is 0.832. The monoisotopic (exact) mass is 356 g/mol. The van der Waals surface area contributed by atoms with Crippen molar-refractivity contribution in [3.8, 4) is 0 Å². The molecule has 0 N–H and O–H groups in total. The van der Waals surface area contributed by atoms with Crippen LogP contribution in [-0.2, 0) is 13.1 Å². The number of hydrogen-bond acceptors (Lipinski definition) is 4. The van der Waals surface area contributed by atoms with Gasteiger partial charge in [0.2, 0.25) is 0 Å². The van der Waals surface area contributed by atoms with E-state index in [1.807, 2.05) is 0 Å². The summed E-state index contributed by atoms with van der Waals surface area (Å²) in [5.74, 6) is 1.29. The van der Waals surface area contributed by atoms with Gasteiger partial charge in [0, 0.05) is 36.1 Å². The summed E-state index contributed by atoms with van der Waals surface area (Å²) in [5.41, 5.74) is 5.54. The summed E-state index contributed by atoms with van der Waals surface area (Å²) in [4.78, 5) is 0. The Kier molecular flexibility index (Phi) is 3.40. The van der Waals surface area contributed by atoms with E-state index in [4.69, 9.17) is 10.2 Å². The summed E-state index contributed by atoms with van der Waals surface area (Å²) in [5, 5.41) is 14.9. The molecule has 2 aliphatic carbocycles. The zero-order valence-corrected chi connectivity index (χ0v) is 15.4. The molecule has 0 aromatic heterocycles. The molecule has 4 atom stereocenters. The zero-order valence-electron chi connectivity index (χ0n) is 15.4. The predicted molar refractivity (Wildman–Crippen MR) is 107 cm³/mol. The van der Waals surface area contributed by atoms with Crippen molar-refractivity contribution in [2.24, 2.45) is 22.0 Å². The molecule has 2 fully saturated rings. The van der Waals surface area contributed by atoms with E-state index in [9.17, 15) is 0 Å². The second kappa shape index (κ2) is 5.95. The van der Waals surface area contributed by atoms with Gasteiger partial charge in [-0.15, -0.1) is 0 Å². The van der Waals surface area contributed by atoms with Crippen LogP contribution in [0.5, 0.6) is 0 Å². The fourth-order valence-corrected chi connectivity index (χ4v) is 5.50. The molecule has 2 aromatic carbocycles. The molecular weight excluding hydrogens is 332 g/mol. The molecular formula is C23H24N4. The lowest BCUT2D eigenvalue weighted by Gasteiger charge is -2.40. The van der Waals surface area contributed by atoms with Crippen molar-refractivity contribution in [1.29, 1.82) is 0 Å². The van der Waals surface area contributed by atoms with Crippen LogP contribution in [0.4, 0.5) is 0 Å². The SMILES string of the molecule is c1ccc(CN2N=C3C[C@@H]4[C@@H]5C[C@H]3[C@H]2CC5=NN4Cc2ccccc2)cc1. The summed E-state index contributed by atoms with van der Waals surface area (Å²) in [6, 6.07) is 22.5. The van der Waals surface area contributed by atoms with Crippen LogP contribution in [0.2, 0.25) is 0 Å². The summed E-state index contributed by atoms with van der Waals surface area (Å²) in [7, 11) is 0. The minimum Gasteiger partial charge on any atom is -0.289 e. The van der Waals surface area contributed by atoms with Gasteiger partial charge in [-0.05, 0) is 17.5 Å². The first-order valence-electron chi connectivity index (χ1n) is 10.1. The third kappa shape index (κ3) is 2.50. The average Bonchev–Trinajstić information content (AvgIpc) is 3.25. The zero-order chi connectivity index (χ0) is 17.8. The number of nitrogens with zero attached hydrogens (tertiary/aromatic N) is 4. The molecule has 0 saturated heterocycles. The van der Waals surface area contributed by atoms with Crippen molar-refractivity contribution in [1.82, 2.24) is 10.0 Å². The second-order valence-corrected chi connectivity index (χ2v) is 8.34. The Labute approximate surface area is 160 Å². The van der Waals surface area contributed by atoms with Gasteiger partial charge in [0.1, 0.15) is 0 Å². The first kappa shape index (κ1) is 15.4. The van der Waals surface area contributed by atoms with Crippen molar-refractivity contribution in [3.63, 3.8) is 0 Å². The van der Waals surface area contributed by atoms with Gasteiger partial charge in [0.05, 0.1) is 25.2 Å². The van der Waals surface area contributed by atoms with Crippen LogP contribution in [-0.4, -0.2) is 33.5 Å². The number of benzene rings is 2. The van der Waals surface area contributed by atoms with Gasteiger partial charge in [-0.2, -0.15) is 10.2 Å². The molecule has 0 spiro atoms. The maximum absolute atomic E-state index is 5.11. The highest BCUT2D eigenvalue weighted by Crippen LogP contribution is 2.48. The Balaban J connectivity index is 1.26. The second-order valence-electron chi connectivity index (χ2n) is 8.34. The normalized spacial score (nSPS) is 30.4. The van der Waals surface area contributed by atoms with E-state index in [0.717, 1.165) is 25.9 Å². The molecule has 2 heterocycles. The molecule has 2 aromatic rings. The van der Waals surface area contributed by atoms with E-state index >= 15 is 0 Å². The molecule has 0 radical (unpaired) electrons. The Morgan fingerprint density at radius 2 is 1.11 bits per heavy atom. The molecule has 136 valence electrons. The van der Waals surface area contributed by atoms with Crippen LogP contribution >= 0.6 is 0 Å². The van der Waals surface area contributed by atoms with Crippen molar-refractivity contribution in [2.75, 3.05) is 0 Å². The summed E-state index contributed by atoms with van der Waals surface area (Å²) in [6.07, 6.45) is 3.40. The molecule has 27 heavy (non-hydrogen) atoms. The standard InChI is InChI=1S/C23H24N4/c1-3-7-16(8-4-1)14-26-22-12-21-19-11-18(22)20(24-26)13-23(19)27(25-21)15-17-9-5-2-6-10-17/h1-10,18-19,22-23H,11-15H2/t18-,19-,22-,23-/m1/s1. The van der Waals surface area contributed by atoms with Crippen LogP contribution in [0.3, 0.4) is 0 Å². The highest BCUT2D eigenvalue weighted by Gasteiger charge is 2.54. The topological polar surface area (TPSA) is 31.2 Å². The molecule has 4 nitrogen and oxygen atoms in total. The van der Waals surface area contributed by atoms with Crippen LogP contribution in [0.15, 0.2) is 70.9 Å². The maximum Gasteiger partial charge on any atom is 0.0614 e. The third-order valence-electron chi connectivity index (χ3n) is 6.78. The van der Waals surface area contributed by atoms with Gasteiger partial charge in [-0.3, -0.25) is 10.0 Å². The average molecular weight is 356 g/mol. The molecule has 0 unspecified atom stereocenters. The first-order valence-corrected chi connectivity index (χ1v) is 10.1. The molecule has 4 aliphatic rings. The summed E-state index contributed by atoms with van der Waals surface area (Å²) >= 11 is 0. The van der Waals surface area contributed by atoms with E-state index < -0.39 is 0 Å². The smallest absolute Gasteiger partial charge is 0.0614 e. The molecule has 6 rings (SSSR count). The van der Waals surface area contributed by atoms with E-state index in [1.165, 1.54) is 29.0 Å². The maximum atomic E-state index is 5.11. The van der Waals surface area contributed by atoms with E-state index in [2.05, 4.69) is 70.7 Å². The Morgan fingerprint density at radius 3 is 1.56 bits per heavy atom. The molecule has 2 aliphatic heterocycles. The molecule has 2 bridgehead atoms. The van der Waals surface area contributed by atoms with Gasteiger partial charge < -0.3 is 0 Å². The Morgan fingerprint density at radius 1 is 0.667 bits per heavy atom. The highest BCUT2D eigenvalue weighted by molar-refractivity contribution is 5.99. The molecule has 4 heteroatoms. The minimum absolute atomic E-state index is 0.507. The fraction of sp³-hybridized carbons (Fsp3) is 0.391. The van der Waals surface area contributed by atoms with Crippen molar-refractivity contribution in [2.45, 2.75) is 44.4 Å². The minimum atomic E-state index is 0.507. The predicted octanol–water partition coefficient (Wildman–Crippen LogP) is 3.90. The Bertz CT molecular complexity index is 829. The van der Waals surface area contributed by atoms with Crippen molar-refractivity contribution in [3.05, 3.63) is 71.8 Å². The van der Waals surface area contributed by atoms with Crippen molar-refractivity contribution >= 4 is 11.4 Å². The third-order valence-corrected chi connectivity index (χ3v) is 6.78. The highest BCUT2D eigenvalue weighted by atomic mass is 15.5. The lowest BCUT2D eigenvalue weighted by Crippen LogP contribution is -2.49. The van der Waals surface area contributed by atoms with E-state index in [-0.39, 0.29) is 0 Å². The largest absolute Gasteiger partial charge is 0.289 e. The van der Waals surface area contributed by atoms with Gasteiger partial charge in [-0.1, -0.05) is 60.7 Å². The Hall–Kier alpha value is -2.62. The van der Waals surface area contributed by atoms with E-state index in [1.54, 1.807) is 0 Å². The van der Waals surface area contributed by atoms with Gasteiger partial charge >= 0.3 is 0 Å². The van der Waals surface area contributed by atoms with Crippen LogP contribution in [0.1, 0.15) is 30.4 Å². The number of hydrazone groups is 2. The fourth-order valence-electron chi connectivity index (χ4n) is 5.50. The van der Waals surface area contributed by atoms with Crippen LogP contribution in [0.25, 0.3) is 0 Å². The summed E-state index contributed by atoms with van der Waals surface area (Å²) < 4.78 is 0. The number of rotatable bonds is 4. The van der Waals surface area contributed by atoms with Gasteiger partial charge in [0.25, 0.3) is 0 Å². The lowest BCUT2D eigenvalue weighted by atomic mass is 9.66. The van der Waals surface area contributed by atoms with Gasteiger partial charge in [-0.25, -0.2) is 0 Å². The number of hydrogen-bond donors (Lipinski definition) is 0. The molecule has 0 amide bonds. The summed E-state index contributed by atoms with van der Waals surface area (Å²) in [6.45, 7) is 1.84. The van der Waals surface area contributed by atoms with Crippen molar-refractivity contribution < 1.29 is 0 Å². The lowest BCUT2D eigenvalue weighted by molar-refractivity contribution is 0.145. The first-order chi connectivity index (χ1) is 13.3. The van der Waals surface area contributed by atoms with E-state index in [0.29, 0.717) is 23.9 Å². The van der Waals surface area contributed by atoms with Crippen LogP contribution in [0, 0.1) is 11.8 Å². The van der Waals surface area contributed by atoms with Crippen LogP contribution < -0.4 is 0 Å². The van der Waals surface area contributed by atoms with Gasteiger partial charge in [0.15, 0.2) is 0 Å². The molecule has 2 saturated carbocycles.